The molecule has 5 heteroatoms. The predicted molar refractivity (Wildman–Crippen MR) is 101 cm³/mol. The molecule has 0 saturated carbocycles. The first-order chi connectivity index (χ1) is 12.8. The number of amides is 1. The van der Waals surface area contributed by atoms with Gasteiger partial charge in [0.25, 0.3) is 5.91 Å². The van der Waals surface area contributed by atoms with Crippen LogP contribution in [-0.4, -0.2) is 60.0 Å². The minimum atomic E-state index is 0.0955. The molecule has 2 aromatic rings. The van der Waals surface area contributed by atoms with Gasteiger partial charge in [0.15, 0.2) is 0 Å². The average Bonchev–Trinajstić information content (AvgIpc) is 3.16. The highest BCUT2D eigenvalue weighted by atomic mass is 16.5. The van der Waals surface area contributed by atoms with Gasteiger partial charge in [-0.25, -0.2) is 0 Å². The zero-order chi connectivity index (χ0) is 17.8. The third kappa shape index (κ3) is 3.88. The fraction of sp³-hybridized carbons (Fsp3) is 0.429. The summed E-state index contributed by atoms with van der Waals surface area (Å²) < 4.78 is 5.57. The van der Waals surface area contributed by atoms with Crippen LogP contribution in [0.1, 0.15) is 27.9 Å². The van der Waals surface area contributed by atoms with Gasteiger partial charge in [0.05, 0.1) is 12.2 Å². The van der Waals surface area contributed by atoms with Crippen LogP contribution < -0.4 is 4.74 Å². The van der Waals surface area contributed by atoms with Crippen molar-refractivity contribution >= 4 is 5.91 Å². The maximum Gasteiger partial charge on any atom is 0.255 e. The molecule has 5 nitrogen and oxygen atoms in total. The molecule has 26 heavy (non-hydrogen) atoms. The lowest BCUT2D eigenvalue weighted by Gasteiger charge is -2.34. The molecule has 0 aliphatic carbocycles. The molecule has 1 amide bonds. The molecule has 3 heterocycles. The lowest BCUT2D eigenvalue weighted by molar-refractivity contribution is 0.0635. The second-order valence-corrected chi connectivity index (χ2v) is 7.02. The number of ether oxygens (including phenoxy) is 1. The number of carbonyl (C=O) groups is 1. The smallest absolute Gasteiger partial charge is 0.255 e. The number of piperazine rings is 1. The number of hydrogen-bond acceptors (Lipinski definition) is 4. The highest BCUT2D eigenvalue weighted by Gasteiger charge is 2.22. The monoisotopic (exact) mass is 351 g/mol. The number of carbonyl (C=O) groups excluding carboxylic acids is 1. The van der Waals surface area contributed by atoms with Gasteiger partial charge in [-0.05, 0) is 48.7 Å². The van der Waals surface area contributed by atoms with Gasteiger partial charge >= 0.3 is 0 Å². The zero-order valence-electron chi connectivity index (χ0n) is 15.1. The van der Waals surface area contributed by atoms with Gasteiger partial charge in [-0.2, -0.15) is 0 Å². The molecule has 136 valence electrons. The minimum Gasteiger partial charge on any atom is -0.493 e. The molecule has 1 saturated heterocycles. The predicted octanol–water partition coefficient (Wildman–Crippen LogP) is 2.41. The van der Waals surface area contributed by atoms with Crippen molar-refractivity contribution < 1.29 is 9.53 Å². The fourth-order valence-electron chi connectivity index (χ4n) is 3.75. The van der Waals surface area contributed by atoms with E-state index in [-0.39, 0.29) is 5.91 Å². The van der Waals surface area contributed by atoms with Gasteiger partial charge in [-0.1, -0.05) is 12.1 Å². The van der Waals surface area contributed by atoms with Gasteiger partial charge in [-0.15, -0.1) is 0 Å². The molecule has 0 radical (unpaired) electrons. The Balaban J connectivity index is 1.21. The van der Waals surface area contributed by atoms with E-state index in [2.05, 4.69) is 28.1 Å². The molecule has 0 N–H and O–H groups in total. The molecule has 1 fully saturated rings. The minimum absolute atomic E-state index is 0.0955. The zero-order valence-corrected chi connectivity index (χ0v) is 15.1. The maximum absolute atomic E-state index is 12.5. The first-order valence-electron chi connectivity index (χ1n) is 9.46. The molecule has 0 unspecified atom stereocenters. The number of benzene rings is 1. The van der Waals surface area contributed by atoms with Crippen LogP contribution in [0.4, 0.5) is 0 Å². The Hall–Kier alpha value is -2.40. The van der Waals surface area contributed by atoms with Crippen molar-refractivity contribution in [2.75, 3.05) is 39.3 Å². The second kappa shape index (κ2) is 7.87. The van der Waals surface area contributed by atoms with Crippen LogP contribution in [-0.2, 0) is 12.8 Å². The van der Waals surface area contributed by atoms with Crippen LogP contribution in [0.5, 0.6) is 5.75 Å². The van der Waals surface area contributed by atoms with Crippen molar-refractivity contribution in [1.82, 2.24) is 14.8 Å². The second-order valence-electron chi connectivity index (χ2n) is 7.02. The quantitative estimate of drug-likeness (QED) is 0.830. The lowest BCUT2D eigenvalue weighted by atomic mass is 10.0. The molecule has 1 aromatic heterocycles. The van der Waals surface area contributed by atoms with E-state index in [9.17, 15) is 4.79 Å². The van der Waals surface area contributed by atoms with Crippen LogP contribution in [0.15, 0.2) is 42.7 Å². The molecule has 0 spiro atoms. The fourth-order valence-corrected chi connectivity index (χ4v) is 3.75. The Kier molecular flexibility index (Phi) is 5.16. The van der Waals surface area contributed by atoms with Crippen molar-refractivity contribution in [2.45, 2.75) is 19.3 Å². The summed E-state index contributed by atoms with van der Waals surface area (Å²) in [4.78, 5) is 20.9. The summed E-state index contributed by atoms with van der Waals surface area (Å²) in [5.41, 5.74) is 3.44. The molecular weight excluding hydrogens is 326 g/mol. The van der Waals surface area contributed by atoms with Crippen molar-refractivity contribution in [1.29, 1.82) is 0 Å². The van der Waals surface area contributed by atoms with E-state index >= 15 is 0 Å². The van der Waals surface area contributed by atoms with E-state index in [0.29, 0.717) is 5.56 Å². The van der Waals surface area contributed by atoms with Gasteiger partial charge < -0.3 is 9.64 Å². The van der Waals surface area contributed by atoms with E-state index < -0.39 is 0 Å². The van der Waals surface area contributed by atoms with Gasteiger partial charge in [0.1, 0.15) is 5.75 Å². The number of aromatic nitrogens is 1. The Morgan fingerprint density at radius 1 is 1.15 bits per heavy atom. The van der Waals surface area contributed by atoms with E-state index in [0.717, 1.165) is 64.3 Å². The average molecular weight is 351 g/mol. The van der Waals surface area contributed by atoms with Crippen LogP contribution in [0.25, 0.3) is 0 Å². The maximum atomic E-state index is 12.5. The summed E-state index contributed by atoms with van der Waals surface area (Å²) in [6, 6.07) is 10.2. The Bertz CT molecular complexity index is 755. The Labute approximate surface area is 154 Å². The molecule has 0 atom stereocenters. The normalized spacial score (nSPS) is 17.0. The number of aryl methyl sites for hydroxylation is 1. The topological polar surface area (TPSA) is 45.7 Å². The number of rotatable bonds is 5. The lowest BCUT2D eigenvalue weighted by Crippen LogP contribution is -2.48. The number of nitrogens with zero attached hydrogens (tertiary/aromatic N) is 3. The van der Waals surface area contributed by atoms with Crippen molar-refractivity contribution in [3.63, 3.8) is 0 Å². The highest BCUT2D eigenvalue weighted by molar-refractivity contribution is 5.93. The number of pyridine rings is 1. The molecule has 0 bridgehead atoms. The van der Waals surface area contributed by atoms with Gasteiger partial charge in [0.2, 0.25) is 0 Å². The molecular formula is C21H25N3O2. The summed E-state index contributed by atoms with van der Waals surface area (Å²) in [7, 11) is 0. The highest BCUT2D eigenvalue weighted by Crippen LogP contribution is 2.26. The summed E-state index contributed by atoms with van der Waals surface area (Å²) >= 11 is 0. The van der Waals surface area contributed by atoms with E-state index in [1.165, 1.54) is 11.1 Å². The third-order valence-corrected chi connectivity index (χ3v) is 5.26. The Morgan fingerprint density at radius 3 is 2.85 bits per heavy atom. The number of hydrogen-bond donors (Lipinski definition) is 0. The number of fused-ring (bicyclic) bond motifs is 1. The molecule has 2 aliphatic rings. The van der Waals surface area contributed by atoms with Crippen molar-refractivity contribution in [2.24, 2.45) is 0 Å². The molecule has 2 aliphatic heterocycles. The van der Waals surface area contributed by atoms with Crippen LogP contribution in [0.3, 0.4) is 0 Å². The van der Waals surface area contributed by atoms with Crippen LogP contribution in [0, 0.1) is 0 Å². The van der Waals surface area contributed by atoms with Gasteiger partial charge in [0, 0.05) is 45.0 Å². The van der Waals surface area contributed by atoms with Crippen molar-refractivity contribution in [3.05, 3.63) is 59.4 Å². The van der Waals surface area contributed by atoms with E-state index in [1.54, 1.807) is 12.4 Å². The SMILES string of the molecule is O=C(c1cccnc1)N1CCN(CCCc2ccc3c(c2)CCO3)CC1. The van der Waals surface area contributed by atoms with E-state index in [1.807, 2.05) is 17.0 Å². The van der Waals surface area contributed by atoms with Crippen LogP contribution in [0.2, 0.25) is 0 Å². The summed E-state index contributed by atoms with van der Waals surface area (Å²) in [6.07, 6.45) is 6.63. The summed E-state index contributed by atoms with van der Waals surface area (Å²) in [6.45, 7) is 5.39. The van der Waals surface area contributed by atoms with Crippen LogP contribution >= 0.6 is 0 Å². The molecule has 1 aromatic carbocycles. The standard InChI is InChI=1S/C21H25N3O2/c25-21(19-4-1-8-22-16-19)24-12-10-23(11-13-24)9-2-3-17-5-6-20-18(15-17)7-14-26-20/h1,4-6,8,15-16H,2-3,7,9-14H2. The Morgan fingerprint density at radius 2 is 2.04 bits per heavy atom. The summed E-state index contributed by atoms with van der Waals surface area (Å²) in [5.74, 6) is 1.15. The first-order valence-corrected chi connectivity index (χ1v) is 9.46. The largest absolute Gasteiger partial charge is 0.493 e. The third-order valence-electron chi connectivity index (χ3n) is 5.26. The van der Waals surface area contributed by atoms with E-state index in [4.69, 9.17) is 4.74 Å². The van der Waals surface area contributed by atoms with Gasteiger partial charge in [-0.3, -0.25) is 14.7 Å². The summed E-state index contributed by atoms with van der Waals surface area (Å²) in [5, 5.41) is 0. The molecule has 4 rings (SSSR count). The van der Waals surface area contributed by atoms with Crippen molar-refractivity contribution in [3.8, 4) is 5.75 Å². The first kappa shape index (κ1) is 17.0.